The van der Waals surface area contributed by atoms with Crippen molar-refractivity contribution >= 4 is 39.3 Å². The second-order valence-electron chi connectivity index (χ2n) is 8.91. The first-order chi connectivity index (χ1) is 15.7. The summed E-state index contributed by atoms with van der Waals surface area (Å²) in [5, 5.41) is 1.16. The Bertz CT molecular complexity index is 1240. The van der Waals surface area contributed by atoms with E-state index in [2.05, 4.69) is 11.8 Å². The van der Waals surface area contributed by atoms with E-state index in [1.165, 1.54) is 16.6 Å². The van der Waals surface area contributed by atoms with Gasteiger partial charge < -0.3 is 9.47 Å². The lowest BCUT2D eigenvalue weighted by Gasteiger charge is -2.25. The average molecular weight is 488 g/mol. The Morgan fingerprint density at radius 3 is 2.79 bits per heavy atom. The first-order valence-corrected chi connectivity index (χ1v) is 12.8. The molecule has 0 spiro atoms. The third kappa shape index (κ3) is 5.10. The van der Waals surface area contributed by atoms with E-state index in [0.717, 1.165) is 36.4 Å². The Morgan fingerprint density at radius 2 is 2.09 bits per heavy atom. The topological polar surface area (TPSA) is 73.7 Å². The van der Waals surface area contributed by atoms with Crippen LogP contribution < -0.4 is 10.3 Å². The van der Waals surface area contributed by atoms with E-state index in [9.17, 15) is 9.59 Å². The van der Waals surface area contributed by atoms with Crippen LogP contribution >= 0.6 is 23.1 Å². The van der Waals surface area contributed by atoms with E-state index in [0.29, 0.717) is 22.0 Å². The number of methoxy groups -OCH3 is 1. The number of benzene rings is 1. The fraction of sp³-hybridized carbons (Fsp3) is 0.458. The van der Waals surface area contributed by atoms with Crippen LogP contribution in [0.4, 0.5) is 0 Å². The molecular formula is C24H29N3O4S2. The summed E-state index contributed by atoms with van der Waals surface area (Å²) >= 11 is 2.80. The molecule has 7 nitrogen and oxygen atoms in total. The van der Waals surface area contributed by atoms with Gasteiger partial charge in [-0.1, -0.05) is 24.8 Å². The molecule has 33 heavy (non-hydrogen) atoms. The number of hydrogen-bond acceptors (Lipinski definition) is 8. The third-order valence-electron chi connectivity index (χ3n) is 5.42. The number of esters is 1. The van der Waals surface area contributed by atoms with Crippen molar-refractivity contribution < 1.29 is 14.3 Å². The van der Waals surface area contributed by atoms with Crippen LogP contribution in [0.25, 0.3) is 15.9 Å². The zero-order valence-electron chi connectivity index (χ0n) is 19.6. The molecule has 1 aromatic carbocycles. The summed E-state index contributed by atoms with van der Waals surface area (Å²) < 4.78 is 12.4. The Morgan fingerprint density at radius 1 is 1.30 bits per heavy atom. The van der Waals surface area contributed by atoms with Gasteiger partial charge in [-0.25, -0.2) is 4.98 Å². The molecule has 1 aliphatic heterocycles. The molecule has 0 fully saturated rings. The largest absolute Gasteiger partial charge is 0.497 e. The summed E-state index contributed by atoms with van der Waals surface area (Å²) in [4.78, 5) is 35.4. The molecule has 0 unspecified atom stereocenters. The number of aromatic nitrogens is 2. The van der Waals surface area contributed by atoms with Crippen LogP contribution in [0.15, 0.2) is 34.2 Å². The van der Waals surface area contributed by atoms with E-state index in [1.54, 1.807) is 23.0 Å². The number of thioether (sulfide) groups is 1. The molecule has 0 atom stereocenters. The number of rotatable bonds is 6. The van der Waals surface area contributed by atoms with Gasteiger partial charge >= 0.3 is 5.97 Å². The maximum absolute atomic E-state index is 13.9. The first kappa shape index (κ1) is 23.8. The molecule has 0 radical (unpaired) electrons. The molecule has 9 heteroatoms. The third-order valence-corrected chi connectivity index (χ3v) is 7.44. The lowest BCUT2D eigenvalue weighted by atomic mass is 10.1. The molecule has 176 valence electrons. The molecule has 0 aliphatic carbocycles. The zero-order valence-corrected chi connectivity index (χ0v) is 21.3. The summed E-state index contributed by atoms with van der Waals surface area (Å²) in [5.41, 5.74) is 1.09. The minimum atomic E-state index is -0.570. The Labute approximate surface area is 201 Å². The summed E-state index contributed by atoms with van der Waals surface area (Å²) in [5.74, 6) is 0.366. The van der Waals surface area contributed by atoms with Gasteiger partial charge in [0.2, 0.25) is 0 Å². The maximum atomic E-state index is 13.9. The highest BCUT2D eigenvalue weighted by Crippen LogP contribution is 2.34. The molecule has 0 bridgehead atoms. The summed E-state index contributed by atoms with van der Waals surface area (Å²) in [6, 6.07) is 7.34. The number of carbonyl (C=O) groups excluding carboxylic acids is 1. The van der Waals surface area contributed by atoms with E-state index < -0.39 is 5.60 Å². The highest BCUT2D eigenvalue weighted by Gasteiger charge is 2.26. The molecule has 3 heterocycles. The summed E-state index contributed by atoms with van der Waals surface area (Å²) in [6.07, 6.45) is 0.836. The molecule has 4 rings (SSSR count). The highest BCUT2D eigenvalue weighted by molar-refractivity contribution is 7.99. The van der Waals surface area contributed by atoms with Crippen molar-refractivity contribution in [1.29, 1.82) is 0 Å². The van der Waals surface area contributed by atoms with Crippen LogP contribution in [0.5, 0.6) is 5.75 Å². The van der Waals surface area contributed by atoms with Crippen molar-refractivity contribution in [2.24, 2.45) is 0 Å². The Kier molecular flexibility index (Phi) is 6.83. The molecule has 0 N–H and O–H groups in total. The lowest BCUT2D eigenvalue weighted by molar-refractivity contribution is -0.151. The lowest BCUT2D eigenvalue weighted by Crippen LogP contribution is -2.30. The molecule has 2 aromatic heterocycles. The number of hydrogen-bond donors (Lipinski definition) is 0. The normalized spacial score (nSPS) is 14.3. The minimum Gasteiger partial charge on any atom is -0.497 e. The zero-order chi connectivity index (χ0) is 23.8. The number of likely N-dealkylation sites (N-methyl/N-ethyl adjacent to an activating group) is 1. The summed E-state index contributed by atoms with van der Waals surface area (Å²) in [7, 11) is 1.59. The molecule has 1 aliphatic rings. The Balaban J connectivity index is 1.82. The number of ether oxygens (including phenoxy) is 2. The second-order valence-corrected chi connectivity index (χ2v) is 10.9. The van der Waals surface area contributed by atoms with Crippen molar-refractivity contribution in [1.82, 2.24) is 14.5 Å². The standard InChI is InChI=1S/C24H29N3O4S2/c1-6-26-11-10-17-18(13-26)33-21-20(17)22(29)27(15-8-7-9-16(12-15)30-5)23(25-21)32-14-19(28)31-24(2,3)4/h7-9,12H,6,10-11,13-14H2,1-5H3. The van der Waals surface area contributed by atoms with Gasteiger partial charge in [0.1, 0.15) is 16.2 Å². The van der Waals surface area contributed by atoms with E-state index in [-0.39, 0.29) is 17.3 Å². The fourth-order valence-electron chi connectivity index (χ4n) is 3.92. The van der Waals surface area contributed by atoms with Crippen LogP contribution in [0, 0.1) is 0 Å². The quantitative estimate of drug-likeness (QED) is 0.292. The van der Waals surface area contributed by atoms with Crippen molar-refractivity contribution in [3.05, 3.63) is 45.1 Å². The molecule has 0 saturated heterocycles. The average Bonchev–Trinajstić information content (AvgIpc) is 3.14. The number of nitrogens with zero attached hydrogens (tertiary/aromatic N) is 3. The Hall–Kier alpha value is -2.36. The molecule has 0 amide bonds. The van der Waals surface area contributed by atoms with E-state index in [1.807, 2.05) is 45.0 Å². The van der Waals surface area contributed by atoms with Crippen molar-refractivity contribution in [3.63, 3.8) is 0 Å². The van der Waals surface area contributed by atoms with Gasteiger partial charge in [-0.15, -0.1) is 11.3 Å². The smallest absolute Gasteiger partial charge is 0.316 e. The van der Waals surface area contributed by atoms with Gasteiger partial charge in [0, 0.05) is 24.0 Å². The van der Waals surface area contributed by atoms with E-state index >= 15 is 0 Å². The molecular weight excluding hydrogens is 458 g/mol. The number of carbonyl (C=O) groups is 1. The van der Waals surface area contributed by atoms with Crippen LogP contribution in [0.3, 0.4) is 0 Å². The monoisotopic (exact) mass is 487 g/mol. The van der Waals surface area contributed by atoms with Gasteiger partial charge in [0.15, 0.2) is 5.16 Å². The number of thiophene rings is 1. The van der Waals surface area contributed by atoms with Crippen LogP contribution in [0.2, 0.25) is 0 Å². The SMILES string of the molecule is CCN1CCc2c(sc3nc(SCC(=O)OC(C)(C)C)n(-c4cccc(OC)c4)c(=O)c23)C1. The van der Waals surface area contributed by atoms with Crippen molar-refractivity contribution in [3.8, 4) is 11.4 Å². The second kappa shape index (κ2) is 9.48. The predicted molar refractivity (Wildman–Crippen MR) is 133 cm³/mol. The molecule has 0 saturated carbocycles. The van der Waals surface area contributed by atoms with E-state index in [4.69, 9.17) is 14.5 Å². The van der Waals surface area contributed by atoms with Crippen LogP contribution in [0.1, 0.15) is 38.1 Å². The summed E-state index contributed by atoms with van der Waals surface area (Å²) in [6.45, 7) is 10.4. The molecule has 3 aromatic rings. The van der Waals surface area contributed by atoms with Gasteiger partial charge in [-0.2, -0.15) is 0 Å². The first-order valence-electron chi connectivity index (χ1n) is 11.0. The maximum Gasteiger partial charge on any atom is 0.316 e. The minimum absolute atomic E-state index is 0.0634. The van der Waals surface area contributed by atoms with Gasteiger partial charge in [-0.3, -0.25) is 19.1 Å². The number of fused-ring (bicyclic) bond motifs is 3. The fourth-order valence-corrected chi connectivity index (χ4v) is 6.00. The van der Waals surface area contributed by atoms with Crippen molar-refractivity contribution in [2.75, 3.05) is 26.0 Å². The van der Waals surface area contributed by atoms with Crippen LogP contribution in [-0.4, -0.2) is 52.0 Å². The van der Waals surface area contributed by atoms with Gasteiger partial charge in [0.25, 0.3) is 5.56 Å². The van der Waals surface area contributed by atoms with Crippen LogP contribution in [-0.2, 0) is 22.5 Å². The van der Waals surface area contributed by atoms with Crippen molar-refractivity contribution in [2.45, 2.75) is 51.4 Å². The predicted octanol–water partition coefficient (Wildman–Crippen LogP) is 4.27. The van der Waals surface area contributed by atoms with Gasteiger partial charge in [0.05, 0.1) is 23.9 Å². The van der Waals surface area contributed by atoms with Gasteiger partial charge in [-0.05, 0) is 51.4 Å². The highest BCUT2D eigenvalue weighted by atomic mass is 32.2.